The highest BCUT2D eigenvalue weighted by Crippen LogP contribution is 2.39. The van der Waals surface area contributed by atoms with Crippen LogP contribution in [0.1, 0.15) is 25.0 Å². The molecule has 0 bridgehead atoms. The predicted molar refractivity (Wildman–Crippen MR) is 130 cm³/mol. The van der Waals surface area contributed by atoms with Gasteiger partial charge in [-0.05, 0) is 48.4 Å². The molecule has 0 atom stereocenters. The number of fused-ring (bicyclic) bond motifs is 1. The second-order valence-corrected chi connectivity index (χ2v) is 9.35. The first-order valence-electron chi connectivity index (χ1n) is 11.8. The van der Waals surface area contributed by atoms with Gasteiger partial charge in [0.1, 0.15) is 5.75 Å². The summed E-state index contributed by atoms with van der Waals surface area (Å²) >= 11 is 0. The first-order chi connectivity index (χ1) is 17.6. The van der Waals surface area contributed by atoms with Crippen molar-refractivity contribution in [3.8, 4) is 28.6 Å². The number of halogens is 3. The molecule has 1 aromatic heterocycles. The summed E-state index contributed by atoms with van der Waals surface area (Å²) in [4.78, 5) is 17.6. The highest BCUT2D eigenvalue weighted by Gasteiger charge is 2.36. The number of benzene rings is 3. The van der Waals surface area contributed by atoms with Crippen LogP contribution in [0.5, 0.6) is 5.75 Å². The Kier molecular flexibility index (Phi) is 6.36. The summed E-state index contributed by atoms with van der Waals surface area (Å²) in [5.74, 6) is -1.17. The van der Waals surface area contributed by atoms with Gasteiger partial charge >= 0.3 is 12.1 Å². The number of carboxylic acids is 1. The molecule has 37 heavy (non-hydrogen) atoms. The molecule has 1 aliphatic heterocycles. The Hall–Kier alpha value is -3.92. The molecule has 1 aliphatic rings. The zero-order valence-corrected chi connectivity index (χ0v) is 20.1. The minimum absolute atomic E-state index is 0.0370. The van der Waals surface area contributed by atoms with Gasteiger partial charge in [0.25, 0.3) is 5.89 Å². The Bertz CT molecular complexity index is 1460. The summed E-state index contributed by atoms with van der Waals surface area (Å²) < 4.78 is 51.7. The number of carbonyl (C=O) groups is 1. The number of aliphatic carboxylic acids is 1. The van der Waals surface area contributed by atoms with Crippen LogP contribution in [0.4, 0.5) is 13.2 Å². The molecule has 0 saturated carbocycles. The monoisotopic (exact) mass is 511 g/mol. The van der Waals surface area contributed by atoms with Crippen LogP contribution in [-0.4, -0.2) is 45.3 Å². The van der Waals surface area contributed by atoms with E-state index in [1.165, 1.54) is 12.1 Å². The van der Waals surface area contributed by atoms with E-state index >= 15 is 0 Å². The maximum atomic E-state index is 13.7. The first-order valence-corrected chi connectivity index (χ1v) is 11.8. The van der Waals surface area contributed by atoms with Crippen molar-refractivity contribution in [2.24, 2.45) is 5.92 Å². The van der Waals surface area contributed by atoms with Crippen molar-refractivity contribution in [3.63, 3.8) is 0 Å². The van der Waals surface area contributed by atoms with Crippen LogP contribution in [0.25, 0.3) is 33.6 Å². The zero-order chi connectivity index (χ0) is 26.3. The van der Waals surface area contributed by atoms with E-state index in [1.807, 2.05) is 36.4 Å². The second kappa shape index (κ2) is 9.51. The molecule has 1 fully saturated rings. The van der Waals surface area contributed by atoms with Gasteiger partial charge in [0.15, 0.2) is 0 Å². The SMILES string of the molecule is CC(C)Oc1ccc(-c2nc(-c3ccc(CN4CC(C(=O)O)C4)c4ccccc34)no2)cc1C(F)(F)F. The third-order valence-corrected chi connectivity index (χ3v) is 6.28. The van der Waals surface area contributed by atoms with Gasteiger partial charge in [-0.15, -0.1) is 0 Å². The van der Waals surface area contributed by atoms with Crippen LogP contribution in [0.15, 0.2) is 59.1 Å². The fourth-order valence-corrected chi connectivity index (χ4v) is 4.48. The highest BCUT2D eigenvalue weighted by molar-refractivity contribution is 5.97. The number of likely N-dealkylation sites (tertiary alicyclic amines) is 1. The lowest BCUT2D eigenvalue weighted by Gasteiger charge is -2.36. The fraction of sp³-hybridized carbons (Fsp3) is 0.296. The molecule has 10 heteroatoms. The number of hydrogen-bond acceptors (Lipinski definition) is 6. The van der Waals surface area contributed by atoms with Crippen molar-refractivity contribution < 1.29 is 32.3 Å². The van der Waals surface area contributed by atoms with Gasteiger partial charge in [0.2, 0.25) is 5.82 Å². The highest BCUT2D eigenvalue weighted by atomic mass is 19.4. The van der Waals surface area contributed by atoms with E-state index in [0.717, 1.165) is 22.4 Å². The second-order valence-electron chi connectivity index (χ2n) is 9.35. The summed E-state index contributed by atoms with van der Waals surface area (Å²) in [6, 6.07) is 15.1. The lowest BCUT2D eigenvalue weighted by molar-refractivity contribution is -0.147. The van der Waals surface area contributed by atoms with Crippen molar-refractivity contribution >= 4 is 16.7 Å². The molecule has 192 valence electrons. The summed E-state index contributed by atoms with van der Waals surface area (Å²) in [6.07, 6.45) is -5.03. The number of hydrogen-bond donors (Lipinski definition) is 1. The van der Waals surface area contributed by atoms with Gasteiger partial charge in [0.05, 0.1) is 17.6 Å². The van der Waals surface area contributed by atoms with Gasteiger partial charge < -0.3 is 14.4 Å². The lowest BCUT2D eigenvalue weighted by atomic mass is 9.95. The fourth-order valence-electron chi connectivity index (χ4n) is 4.48. The molecule has 0 aliphatic carbocycles. The van der Waals surface area contributed by atoms with E-state index in [4.69, 9.17) is 14.4 Å². The molecular formula is C27H24F3N3O4. The smallest absolute Gasteiger partial charge is 0.419 e. The third kappa shape index (κ3) is 5.01. The number of alkyl halides is 3. The van der Waals surface area contributed by atoms with Crippen molar-refractivity contribution in [3.05, 3.63) is 65.7 Å². The minimum atomic E-state index is -4.62. The normalized spacial score (nSPS) is 14.8. The van der Waals surface area contributed by atoms with Gasteiger partial charge in [-0.3, -0.25) is 9.69 Å². The zero-order valence-electron chi connectivity index (χ0n) is 20.1. The number of rotatable bonds is 7. The maximum Gasteiger partial charge on any atom is 0.419 e. The van der Waals surface area contributed by atoms with Crippen LogP contribution in [0.2, 0.25) is 0 Å². The summed E-state index contributed by atoms with van der Waals surface area (Å²) in [6.45, 7) is 4.92. The molecule has 2 heterocycles. The van der Waals surface area contributed by atoms with Crippen LogP contribution in [0.3, 0.4) is 0 Å². The Morgan fingerprint density at radius 2 is 1.86 bits per heavy atom. The van der Waals surface area contributed by atoms with Crippen LogP contribution >= 0.6 is 0 Å². The standard InChI is InChI=1S/C27H24F3N3O4/c1-15(2)36-23-10-8-16(11-22(23)27(28,29)30)25-31-24(32-37-25)21-9-7-17(19-5-3-4-6-20(19)21)12-33-13-18(14-33)26(34)35/h3-11,15,18H,12-14H2,1-2H3,(H,34,35). The molecule has 0 amide bonds. The molecule has 4 aromatic rings. The number of ether oxygens (including phenoxy) is 1. The average molecular weight is 512 g/mol. The average Bonchev–Trinajstić information content (AvgIpc) is 3.30. The largest absolute Gasteiger partial charge is 0.490 e. The summed E-state index contributed by atoms with van der Waals surface area (Å²) in [5, 5.41) is 15.0. The lowest BCUT2D eigenvalue weighted by Crippen LogP contribution is -2.49. The predicted octanol–water partition coefficient (Wildman–Crippen LogP) is 5.88. The molecule has 0 unspecified atom stereocenters. The van der Waals surface area contributed by atoms with E-state index in [0.29, 0.717) is 25.2 Å². The molecule has 3 aromatic carbocycles. The van der Waals surface area contributed by atoms with E-state index in [-0.39, 0.29) is 28.9 Å². The topological polar surface area (TPSA) is 88.7 Å². The third-order valence-electron chi connectivity index (χ3n) is 6.28. The van der Waals surface area contributed by atoms with E-state index in [1.54, 1.807) is 13.8 Å². The van der Waals surface area contributed by atoms with Crippen molar-refractivity contribution in [2.75, 3.05) is 13.1 Å². The minimum Gasteiger partial charge on any atom is -0.490 e. The summed E-state index contributed by atoms with van der Waals surface area (Å²) in [5.41, 5.74) is 0.929. The van der Waals surface area contributed by atoms with Gasteiger partial charge in [0, 0.05) is 30.8 Å². The Balaban J connectivity index is 1.46. The van der Waals surface area contributed by atoms with Gasteiger partial charge in [-0.25, -0.2) is 0 Å². The van der Waals surface area contributed by atoms with E-state index in [9.17, 15) is 18.0 Å². The van der Waals surface area contributed by atoms with Crippen molar-refractivity contribution in [1.29, 1.82) is 0 Å². The molecule has 7 nitrogen and oxygen atoms in total. The van der Waals surface area contributed by atoms with E-state index in [2.05, 4.69) is 15.0 Å². The Labute approximate surface area is 210 Å². The first kappa shape index (κ1) is 24.8. The van der Waals surface area contributed by atoms with E-state index < -0.39 is 23.8 Å². The molecule has 1 N–H and O–H groups in total. The number of aromatic nitrogens is 2. The number of carboxylic acid groups (broad SMARTS) is 1. The number of nitrogens with zero attached hydrogens (tertiary/aromatic N) is 3. The Morgan fingerprint density at radius 1 is 1.14 bits per heavy atom. The van der Waals surface area contributed by atoms with Crippen LogP contribution in [-0.2, 0) is 17.5 Å². The van der Waals surface area contributed by atoms with Crippen LogP contribution in [0, 0.1) is 5.92 Å². The molecule has 0 radical (unpaired) electrons. The maximum absolute atomic E-state index is 13.7. The molecule has 1 saturated heterocycles. The molecule has 0 spiro atoms. The van der Waals surface area contributed by atoms with Crippen molar-refractivity contribution in [2.45, 2.75) is 32.7 Å². The Morgan fingerprint density at radius 3 is 2.54 bits per heavy atom. The van der Waals surface area contributed by atoms with Gasteiger partial charge in [-0.1, -0.05) is 41.6 Å². The van der Waals surface area contributed by atoms with Crippen molar-refractivity contribution in [1.82, 2.24) is 15.0 Å². The van der Waals surface area contributed by atoms with Gasteiger partial charge in [-0.2, -0.15) is 18.2 Å². The van der Waals surface area contributed by atoms with Crippen LogP contribution < -0.4 is 4.74 Å². The molecular weight excluding hydrogens is 487 g/mol. The molecule has 5 rings (SSSR count). The summed E-state index contributed by atoms with van der Waals surface area (Å²) in [7, 11) is 0. The quantitative estimate of drug-likeness (QED) is 0.332.